The fourth-order valence-electron chi connectivity index (χ4n) is 3.69. The summed E-state index contributed by atoms with van der Waals surface area (Å²) in [5, 5.41) is 3.95. The summed E-state index contributed by atoms with van der Waals surface area (Å²) < 4.78 is 5.18. The quantitative estimate of drug-likeness (QED) is 0.729. The third kappa shape index (κ3) is 3.74. The molecule has 0 bridgehead atoms. The van der Waals surface area contributed by atoms with E-state index in [1.807, 2.05) is 35.4 Å². The van der Waals surface area contributed by atoms with Gasteiger partial charge in [0.2, 0.25) is 5.91 Å². The maximum atomic E-state index is 13.1. The summed E-state index contributed by atoms with van der Waals surface area (Å²) in [6, 6.07) is 10.6. The molecular weight excluding hydrogens is 342 g/mol. The number of nitrogens with zero attached hydrogens (tertiary/aromatic N) is 1. The van der Waals surface area contributed by atoms with Crippen molar-refractivity contribution < 1.29 is 14.0 Å². The molecule has 0 unspecified atom stereocenters. The van der Waals surface area contributed by atoms with E-state index in [1.54, 1.807) is 12.1 Å². The fraction of sp³-hybridized carbons (Fsp3) is 0.333. The summed E-state index contributed by atoms with van der Waals surface area (Å²) in [7, 11) is 0. The van der Waals surface area contributed by atoms with Crippen LogP contribution in [0.1, 0.15) is 35.4 Å². The molecule has 1 aliphatic heterocycles. The Labute approximate surface area is 157 Å². The molecule has 1 saturated heterocycles. The van der Waals surface area contributed by atoms with Gasteiger partial charge < -0.3 is 19.6 Å². The Morgan fingerprint density at radius 1 is 1.11 bits per heavy atom. The molecule has 1 aliphatic rings. The lowest BCUT2D eigenvalue weighted by atomic mass is 10.0. The lowest BCUT2D eigenvalue weighted by Gasteiger charge is -2.30. The molecular formula is C21H23N3O3. The number of hydrogen-bond donors (Lipinski definition) is 2. The van der Waals surface area contributed by atoms with E-state index in [-0.39, 0.29) is 17.6 Å². The SMILES string of the molecule is O=C(N[C@@H](Cc1c[nH]c2ccccc12)C(=O)N1CCCCC1)c1ccco1. The van der Waals surface area contributed by atoms with Crippen molar-refractivity contribution in [2.45, 2.75) is 31.7 Å². The van der Waals surface area contributed by atoms with E-state index in [9.17, 15) is 9.59 Å². The number of nitrogens with one attached hydrogen (secondary N) is 2. The number of carbonyl (C=O) groups excluding carboxylic acids is 2. The molecule has 4 rings (SSSR count). The van der Waals surface area contributed by atoms with Gasteiger partial charge in [0.05, 0.1) is 6.26 Å². The number of fused-ring (bicyclic) bond motifs is 1. The van der Waals surface area contributed by atoms with Crippen LogP contribution in [0.2, 0.25) is 0 Å². The number of amides is 2. The first kappa shape index (κ1) is 17.4. The highest BCUT2D eigenvalue weighted by Crippen LogP contribution is 2.20. The van der Waals surface area contributed by atoms with E-state index in [1.165, 1.54) is 6.26 Å². The number of carbonyl (C=O) groups is 2. The van der Waals surface area contributed by atoms with Crippen molar-refractivity contribution in [3.8, 4) is 0 Å². The second-order valence-electron chi connectivity index (χ2n) is 6.95. The largest absolute Gasteiger partial charge is 0.459 e. The molecule has 6 nitrogen and oxygen atoms in total. The van der Waals surface area contributed by atoms with E-state index in [2.05, 4.69) is 10.3 Å². The molecule has 3 aromatic rings. The lowest BCUT2D eigenvalue weighted by molar-refractivity contribution is -0.134. The predicted octanol–water partition coefficient (Wildman–Crippen LogP) is 3.11. The molecule has 0 aliphatic carbocycles. The average Bonchev–Trinajstić information content (AvgIpc) is 3.38. The molecule has 6 heteroatoms. The molecule has 27 heavy (non-hydrogen) atoms. The summed E-state index contributed by atoms with van der Waals surface area (Å²) in [5.41, 5.74) is 2.04. The number of para-hydroxylation sites is 1. The number of benzene rings is 1. The van der Waals surface area contributed by atoms with E-state index in [0.29, 0.717) is 6.42 Å². The smallest absolute Gasteiger partial charge is 0.287 e. The number of aromatic nitrogens is 1. The molecule has 2 amide bonds. The van der Waals surface area contributed by atoms with Crippen LogP contribution >= 0.6 is 0 Å². The summed E-state index contributed by atoms with van der Waals surface area (Å²) in [5.74, 6) is -0.180. The zero-order valence-corrected chi connectivity index (χ0v) is 15.1. The van der Waals surface area contributed by atoms with Crippen molar-refractivity contribution in [3.05, 3.63) is 60.2 Å². The molecule has 0 saturated carbocycles. The number of piperidine rings is 1. The van der Waals surface area contributed by atoms with Crippen LogP contribution in [0.5, 0.6) is 0 Å². The number of hydrogen-bond acceptors (Lipinski definition) is 3. The van der Waals surface area contributed by atoms with Crippen molar-refractivity contribution in [2.24, 2.45) is 0 Å². The van der Waals surface area contributed by atoms with Crippen LogP contribution in [0.3, 0.4) is 0 Å². The molecule has 2 aromatic heterocycles. The average molecular weight is 365 g/mol. The number of furan rings is 1. The number of likely N-dealkylation sites (tertiary alicyclic amines) is 1. The van der Waals surface area contributed by atoms with Gasteiger partial charge in [0, 0.05) is 36.6 Å². The van der Waals surface area contributed by atoms with Crippen molar-refractivity contribution in [3.63, 3.8) is 0 Å². The minimum atomic E-state index is -0.625. The Morgan fingerprint density at radius 2 is 1.93 bits per heavy atom. The van der Waals surface area contributed by atoms with Gasteiger partial charge >= 0.3 is 0 Å². The highest BCUT2D eigenvalue weighted by atomic mass is 16.3. The minimum Gasteiger partial charge on any atom is -0.459 e. The summed E-state index contributed by atoms with van der Waals surface area (Å²) in [6.45, 7) is 1.50. The van der Waals surface area contributed by atoms with Crippen molar-refractivity contribution >= 4 is 22.7 Å². The van der Waals surface area contributed by atoms with Crippen LogP contribution < -0.4 is 5.32 Å². The normalized spacial score (nSPS) is 15.6. The van der Waals surface area contributed by atoms with Gasteiger partial charge in [-0.1, -0.05) is 18.2 Å². The first-order chi connectivity index (χ1) is 13.2. The number of H-pyrrole nitrogens is 1. The molecule has 1 aromatic carbocycles. The van der Waals surface area contributed by atoms with Crippen LogP contribution in [0.25, 0.3) is 10.9 Å². The molecule has 1 fully saturated rings. The topological polar surface area (TPSA) is 78.3 Å². The summed E-state index contributed by atoms with van der Waals surface area (Å²) in [6.07, 6.45) is 6.98. The van der Waals surface area contributed by atoms with E-state index in [4.69, 9.17) is 4.42 Å². The van der Waals surface area contributed by atoms with Gasteiger partial charge in [0.15, 0.2) is 5.76 Å². The lowest BCUT2D eigenvalue weighted by Crippen LogP contribution is -2.51. The highest BCUT2D eigenvalue weighted by molar-refractivity contribution is 5.96. The standard InChI is InChI=1S/C21H23N3O3/c25-20(19-9-6-12-27-19)23-18(21(26)24-10-4-1-5-11-24)13-15-14-22-17-8-3-2-7-16(15)17/h2-3,6-9,12,14,18,22H,1,4-5,10-11,13H2,(H,23,25)/t18-/m0/s1. The Bertz CT molecular complexity index is 923. The third-order valence-electron chi connectivity index (χ3n) is 5.12. The molecule has 2 N–H and O–H groups in total. The molecule has 3 heterocycles. The number of rotatable bonds is 5. The van der Waals surface area contributed by atoms with Gasteiger partial charge in [-0.15, -0.1) is 0 Å². The molecule has 140 valence electrons. The first-order valence-corrected chi connectivity index (χ1v) is 9.40. The third-order valence-corrected chi connectivity index (χ3v) is 5.12. The van der Waals surface area contributed by atoms with Crippen LogP contribution in [-0.2, 0) is 11.2 Å². The monoisotopic (exact) mass is 365 g/mol. The van der Waals surface area contributed by atoms with Crippen molar-refractivity contribution in [1.29, 1.82) is 0 Å². The maximum Gasteiger partial charge on any atom is 0.287 e. The Balaban J connectivity index is 1.58. The molecule has 0 spiro atoms. The zero-order valence-electron chi connectivity index (χ0n) is 15.1. The van der Waals surface area contributed by atoms with Crippen LogP contribution in [-0.4, -0.2) is 40.8 Å². The van der Waals surface area contributed by atoms with E-state index < -0.39 is 6.04 Å². The van der Waals surface area contributed by atoms with Gasteiger partial charge in [-0.05, 0) is 43.0 Å². The van der Waals surface area contributed by atoms with E-state index in [0.717, 1.165) is 48.8 Å². The zero-order chi connectivity index (χ0) is 18.6. The van der Waals surface area contributed by atoms with Crippen LogP contribution in [0.15, 0.2) is 53.3 Å². The second-order valence-corrected chi connectivity index (χ2v) is 6.95. The first-order valence-electron chi connectivity index (χ1n) is 9.40. The van der Waals surface area contributed by atoms with Crippen LogP contribution in [0, 0.1) is 0 Å². The van der Waals surface area contributed by atoms with Gasteiger partial charge in [0.25, 0.3) is 5.91 Å². The highest BCUT2D eigenvalue weighted by Gasteiger charge is 2.28. The molecule has 1 atom stereocenters. The van der Waals surface area contributed by atoms with Gasteiger partial charge in [-0.3, -0.25) is 9.59 Å². The summed E-state index contributed by atoms with van der Waals surface area (Å²) in [4.78, 5) is 30.8. The Hall–Kier alpha value is -3.02. The Morgan fingerprint density at radius 3 is 2.70 bits per heavy atom. The molecule has 0 radical (unpaired) electrons. The van der Waals surface area contributed by atoms with Crippen molar-refractivity contribution in [1.82, 2.24) is 15.2 Å². The minimum absolute atomic E-state index is 0.0279. The van der Waals surface area contributed by atoms with Gasteiger partial charge in [-0.2, -0.15) is 0 Å². The summed E-state index contributed by atoms with van der Waals surface area (Å²) >= 11 is 0. The maximum absolute atomic E-state index is 13.1. The second kappa shape index (κ2) is 7.70. The predicted molar refractivity (Wildman–Crippen MR) is 102 cm³/mol. The van der Waals surface area contributed by atoms with Gasteiger partial charge in [-0.25, -0.2) is 0 Å². The number of aromatic amines is 1. The van der Waals surface area contributed by atoms with Crippen LogP contribution in [0.4, 0.5) is 0 Å². The fourth-order valence-corrected chi connectivity index (χ4v) is 3.69. The Kier molecular flexibility index (Phi) is 4.96. The van der Waals surface area contributed by atoms with Gasteiger partial charge in [0.1, 0.15) is 6.04 Å². The van der Waals surface area contributed by atoms with E-state index >= 15 is 0 Å². The van der Waals surface area contributed by atoms with Crippen molar-refractivity contribution in [2.75, 3.05) is 13.1 Å².